The van der Waals surface area contributed by atoms with E-state index in [4.69, 9.17) is 0 Å². The number of nitrogens with one attached hydrogen (secondary N) is 2. The number of hydrogen-bond acceptors (Lipinski definition) is 3. The molecule has 2 aromatic heterocycles. The molecule has 0 aliphatic carbocycles. The van der Waals surface area contributed by atoms with Gasteiger partial charge >= 0.3 is 0 Å². The molecule has 1 aromatic carbocycles. The summed E-state index contributed by atoms with van der Waals surface area (Å²) in [6, 6.07) is 10.2. The zero-order valence-corrected chi connectivity index (χ0v) is 11.1. The molecule has 19 heavy (non-hydrogen) atoms. The average Bonchev–Trinajstić information content (AvgIpc) is 2.76. The molecule has 3 rings (SSSR count). The SMILES string of the molecule is Cc1n[nH]c(C)c1CNc1ccc2ncccc2c1. The Kier molecular flexibility index (Phi) is 2.91. The number of aromatic nitrogens is 3. The molecule has 2 N–H and O–H groups in total. The second-order valence-corrected chi connectivity index (χ2v) is 4.68. The van der Waals surface area contributed by atoms with Crippen LogP contribution in [0.1, 0.15) is 17.0 Å². The highest BCUT2D eigenvalue weighted by Gasteiger charge is 2.05. The second kappa shape index (κ2) is 4.72. The van der Waals surface area contributed by atoms with Crippen LogP contribution in [0.5, 0.6) is 0 Å². The van der Waals surface area contributed by atoms with E-state index in [2.05, 4.69) is 38.7 Å². The summed E-state index contributed by atoms with van der Waals surface area (Å²) in [6.45, 7) is 4.84. The number of nitrogens with zero attached hydrogens (tertiary/aromatic N) is 2. The third kappa shape index (κ3) is 2.29. The summed E-state index contributed by atoms with van der Waals surface area (Å²) in [5.41, 5.74) is 5.51. The Hall–Kier alpha value is -2.36. The summed E-state index contributed by atoms with van der Waals surface area (Å²) < 4.78 is 0. The van der Waals surface area contributed by atoms with Crippen LogP contribution in [0.2, 0.25) is 0 Å². The number of benzene rings is 1. The summed E-state index contributed by atoms with van der Waals surface area (Å²) in [4.78, 5) is 4.32. The molecule has 96 valence electrons. The van der Waals surface area contributed by atoms with Crippen molar-refractivity contribution in [2.45, 2.75) is 20.4 Å². The summed E-state index contributed by atoms with van der Waals surface area (Å²) in [5.74, 6) is 0. The van der Waals surface area contributed by atoms with Crippen LogP contribution in [0, 0.1) is 13.8 Å². The van der Waals surface area contributed by atoms with Gasteiger partial charge in [-0.25, -0.2) is 0 Å². The standard InChI is InChI=1S/C15H16N4/c1-10-14(11(2)19-18-10)9-17-13-5-6-15-12(8-13)4-3-7-16-15/h3-8,17H,9H2,1-2H3,(H,18,19). The molecule has 0 saturated carbocycles. The van der Waals surface area contributed by atoms with Crippen LogP contribution in [0.4, 0.5) is 5.69 Å². The molecule has 4 heteroatoms. The lowest BCUT2D eigenvalue weighted by atomic mass is 10.1. The zero-order valence-electron chi connectivity index (χ0n) is 11.1. The molecule has 2 heterocycles. The Morgan fingerprint density at radius 3 is 2.89 bits per heavy atom. The van der Waals surface area contributed by atoms with E-state index in [1.54, 1.807) is 0 Å². The average molecular weight is 252 g/mol. The number of aromatic amines is 1. The van der Waals surface area contributed by atoms with Crippen molar-refractivity contribution in [3.05, 3.63) is 53.5 Å². The van der Waals surface area contributed by atoms with Crippen LogP contribution < -0.4 is 5.32 Å². The first-order chi connectivity index (χ1) is 9.24. The monoisotopic (exact) mass is 252 g/mol. The van der Waals surface area contributed by atoms with Crippen LogP contribution in [0.3, 0.4) is 0 Å². The van der Waals surface area contributed by atoms with Gasteiger partial charge in [0.25, 0.3) is 0 Å². The number of aryl methyl sites for hydroxylation is 2. The molecule has 0 bridgehead atoms. The molecule has 0 fully saturated rings. The Bertz CT molecular complexity index is 695. The van der Waals surface area contributed by atoms with Crippen molar-refractivity contribution in [3.63, 3.8) is 0 Å². The quantitative estimate of drug-likeness (QED) is 0.752. The molecule has 0 aliphatic rings. The van der Waals surface area contributed by atoms with Crippen molar-refractivity contribution in [1.82, 2.24) is 15.2 Å². The topological polar surface area (TPSA) is 53.6 Å². The van der Waals surface area contributed by atoms with Gasteiger partial charge in [-0.05, 0) is 38.1 Å². The van der Waals surface area contributed by atoms with Crippen molar-refractivity contribution in [3.8, 4) is 0 Å². The molecule has 0 radical (unpaired) electrons. The van der Waals surface area contributed by atoms with Gasteiger partial charge in [0, 0.05) is 35.1 Å². The van der Waals surface area contributed by atoms with Crippen molar-refractivity contribution in [2.24, 2.45) is 0 Å². The highest BCUT2D eigenvalue weighted by molar-refractivity contribution is 5.82. The van der Waals surface area contributed by atoms with Gasteiger partial charge in [0.15, 0.2) is 0 Å². The van der Waals surface area contributed by atoms with Crippen LogP contribution >= 0.6 is 0 Å². The van der Waals surface area contributed by atoms with Gasteiger partial charge < -0.3 is 5.32 Å². The van der Waals surface area contributed by atoms with Gasteiger partial charge in [0.05, 0.1) is 11.2 Å². The second-order valence-electron chi connectivity index (χ2n) is 4.68. The number of H-pyrrole nitrogens is 1. The molecule has 0 spiro atoms. The molecule has 0 unspecified atom stereocenters. The Morgan fingerprint density at radius 1 is 1.21 bits per heavy atom. The molecular formula is C15H16N4. The third-order valence-electron chi connectivity index (χ3n) is 3.35. The molecule has 4 nitrogen and oxygen atoms in total. The number of fused-ring (bicyclic) bond motifs is 1. The molecule has 0 atom stereocenters. The lowest BCUT2D eigenvalue weighted by molar-refractivity contribution is 1.02. The summed E-state index contributed by atoms with van der Waals surface area (Å²) in [6.07, 6.45) is 1.81. The van der Waals surface area contributed by atoms with Gasteiger partial charge in [-0.15, -0.1) is 0 Å². The third-order valence-corrected chi connectivity index (χ3v) is 3.35. The number of rotatable bonds is 3. The van der Waals surface area contributed by atoms with Gasteiger partial charge in [-0.1, -0.05) is 6.07 Å². The molecular weight excluding hydrogens is 236 g/mol. The van der Waals surface area contributed by atoms with E-state index in [0.29, 0.717) is 0 Å². The first kappa shape index (κ1) is 11.7. The predicted octanol–water partition coefficient (Wildman–Crippen LogP) is 3.19. The van der Waals surface area contributed by atoms with Crippen LogP contribution in [-0.2, 0) is 6.54 Å². The fraction of sp³-hybridized carbons (Fsp3) is 0.200. The van der Waals surface area contributed by atoms with Crippen molar-refractivity contribution < 1.29 is 0 Å². The van der Waals surface area contributed by atoms with E-state index in [-0.39, 0.29) is 0 Å². The van der Waals surface area contributed by atoms with E-state index in [1.165, 1.54) is 5.56 Å². The van der Waals surface area contributed by atoms with E-state index in [9.17, 15) is 0 Å². The minimum atomic E-state index is 0.778. The summed E-state index contributed by atoms with van der Waals surface area (Å²) >= 11 is 0. The number of anilines is 1. The normalized spacial score (nSPS) is 10.8. The Labute approximate surface area is 111 Å². The largest absolute Gasteiger partial charge is 0.381 e. The lowest BCUT2D eigenvalue weighted by Crippen LogP contribution is -2.01. The zero-order chi connectivity index (χ0) is 13.2. The van der Waals surface area contributed by atoms with Crippen molar-refractivity contribution in [2.75, 3.05) is 5.32 Å². The number of pyridine rings is 1. The Morgan fingerprint density at radius 2 is 2.11 bits per heavy atom. The fourth-order valence-corrected chi connectivity index (χ4v) is 2.21. The maximum absolute atomic E-state index is 4.32. The van der Waals surface area contributed by atoms with Crippen molar-refractivity contribution >= 4 is 16.6 Å². The van der Waals surface area contributed by atoms with Crippen LogP contribution in [-0.4, -0.2) is 15.2 Å². The fourth-order valence-electron chi connectivity index (χ4n) is 2.21. The predicted molar refractivity (Wildman–Crippen MR) is 77.1 cm³/mol. The van der Waals surface area contributed by atoms with Crippen LogP contribution in [0.25, 0.3) is 10.9 Å². The molecule has 0 aliphatic heterocycles. The van der Waals surface area contributed by atoms with E-state index >= 15 is 0 Å². The first-order valence-corrected chi connectivity index (χ1v) is 6.33. The lowest BCUT2D eigenvalue weighted by Gasteiger charge is -2.07. The molecule has 0 amide bonds. The molecule has 3 aromatic rings. The van der Waals surface area contributed by atoms with E-state index < -0.39 is 0 Å². The summed E-state index contributed by atoms with van der Waals surface area (Å²) in [7, 11) is 0. The number of hydrogen-bond donors (Lipinski definition) is 2. The molecule has 0 saturated heterocycles. The van der Waals surface area contributed by atoms with Crippen molar-refractivity contribution in [1.29, 1.82) is 0 Å². The smallest absolute Gasteiger partial charge is 0.0703 e. The van der Waals surface area contributed by atoms with E-state index in [0.717, 1.165) is 34.5 Å². The van der Waals surface area contributed by atoms with E-state index in [1.807, 2.05) is 32.2 Å². The maximum Gasteiger partial charge on any atom is 0.0703 e. The maximum atomic E-state index is 4.32. The highest BCUT2D eigenvalue weighted by Crippen LogP contribution is 2.18. The van der Waals surface area contributed by atoms with Gasteiger partial charge in [0.1, 0.15) is 0 Å². The Balaban J connectivity index is 1.82. The van der Waals surface area contributed by atoms with Gasteiger partial charge in [-0.3, -0.25) is 10.1 Å². The van der Waals surface area contributed by atoms with Gasteiger partial charge in [-0.2, -0.15) is 5.10 Å². The van der Waals surface area contributed by atoms with Crippen LogP contribution in [0.15, 0.2) is 36.5 Å². The highest BCUT2D eigenvalue weighted by atomic mass is 15.1. The first-order valence-electron chi connectivity index (χ1n) is 6.33. The van der Waals surface area contributed by atoms with Gasteiger partial charge in [0.2, 0.25) is 0 Å². The summed E-state index contributed by atoms with van der Waals surface area (Å²) in [5, 5.41) is 11.8. The minimum Gasteiger partial charge on any atom is -0.381 e. The minimum absolute atomic E-state index is 0.778.